The summed E-state index contributed by atoms with van der Waals surface area (Å²) in [5.41, 5.74) is 1.08. The maximum Gasteiger partial charge on any atom is 0.191 e. The number of hydrogen-bond donors (Lipinski definition) is 0. The molecule has 0 bridgehead atoms. The smallest absolute Gasteiger partial charge is 0.191 e. The summed E-state index contributed by atoms with van der Waals surface area (Å²) in [4.78, 5) is 4.46. The highest BCUT2D eigenvalue weighted by Gasteiger charge is 2.05. The first-order valence-electron chi connectivity index (χ1n) is 5.64. The van der Waals surface area contributed by atoms with Crippen LogP contribution in [0.25, 0.3) is 10.8 Å². The summed E-state index contributed by atoms with van der Waals surface area (Å²) < 4.78 is 1.91. The van der Waals surface area contributed by atoms with Crippen molar-refractivity contribution in [2.24, 2.45) is 7.05 Å². The number of aromatic nitrogens is 4. The SMILES string of the molecule is Cn1cnnc1SCc1nccc2ccccc12. The van der Waals surface area contributed by atoms with Gasteiger partial charge in [-0.05, 0) is 11.5 Å². The van der Waals surface area contributed by atoms with Crippen molar-refractivity contribution in [1.82, 2.24) is 19.7 Å². The van der Waals surface area contributed by atoms with Gasteiger partial charge in [-0.25, -0.2) is 0 Å². The standard InChI is InChI=1S/C13H12N4S/c1-17-9-15-16-13(17)18-8-12-11-5-3-2-4-10(11)6-7-14-12/h2-7,9H,8H2,1H3. The first-order valence-corrected chi connectivity index (χ1v) is 6.62. The Hall–Kier alpha value is -1.88. The zero-order valence-electron chi connectivity index (χ0n) is 9.95. The summed E-state index contributed by atoms with van der Waals surface area (Å²) >= 11 is 1.65. The second kappa shape index (κ2) is 4.78. The molecule has 3 rings (SSSR count). The lowest BCUT2D eigenvalue weighted by atomic mass is 10.1. The van der Waals surface area contributed by atoms with Crippen LogP contribution in [-0.2, 0) is 12.8 Å². The van der Waals surface area contributed by atoms with E-state index in [1.54, 1.807) is 18.1 Å². The Labute approximate surface area is 109 Å². The second-order valence-corrected chi connectivity index (χ2v) is 4.93. The van der Waals surface area contributed by atoms with Crippen molar-refractivity contribution in [3.8, 4) is 0 Å². The number of aryl methyl sites for hydroxylation is 1. The van der Waals surface area contributed by atoms with Crippen molar-refractivity contribution >= 4 is 22.5 Å². The van der Waals surface area contributed by atoms with Gasteiger partial charge in [0.15, 0.2) is 5.16 Å². The van der Waals surface area contributed by atoms with E-state index in [4.69, 9.17) is 0 Å². The van der Waals surface area contributed by atoms with Crippen LogP contribution in [0, 0.1) is 0 Å². The molecule has 2 aromatic heterocycles. The molecule has 0 N–H and O–H groups in total. The molecule has 2 heterocycles. The maximum atomic E-state index is 4.46. The first-order chi connectivity index (χ1) is 8.84. The molecular formula is C13H12N4S. The monoisotopic (exact) mass is 256 g/mol. The molecule has 0 atom stereocenters. The lowest BCUT2D eigenvalue weighted by molar-refractivity contribution is 0.788. The molecule has 0 saturated carbocycles. The Morgan fingerprint density at radius 3 is 2.94 bits per heavy atom. The van der Waals surface area contributed by atoms with Crippen molar-refractivity contribution in [1.29, 1.82) is 0 Å². The molecule has 90 valence electrons. The zero-order valence-corrected chi connectivity index (χ0v) is 10.8. The van der Waals surface area contributed by atoms with E-state index < -0.39 is 0 Å². The highest BCUT2D eigenvalue weighted by Crippen LogP contribution is 2.24. The van der Waals surface area contributed by atoms with Gasteiger partial charge < -0.3 is 4.57 Å². The van der Waals surface area contributed by atoms with Gasteiger partial charge in [0.2, 0.25) is 0 Å². The normalized spacial score (nSPS) is 10.9. The zero-order chi connectivity index (χ0) is 12.4. The highest BCUT2D eigenvalue weighted by atomic mass is 32.2. The molecule has 4 nitrogen and oxygen atoms in total. The van der Waals surface area contributed by atoms with Gasteiger partial charge in [0.05, 0.1) is 5.69 Å². The van der Waals surface area contributed by atoms with Gasteiger partial charge in [-0.1, -0.05) is 36.0 Å². The Bertz CT molecular complexity index is 672. The van der Waals surface area contributed by atoms with Crippen LogP contribution >= 0.6 is 11.8 Å². The summed E-state index contributed by atoms with van der Waals surface area (Å²) in [5.74, 6) is 0.799. The lowest BCUT2D eigenvalue weighted by Crippen LogP contribution is -1.92. The third-order valence-electron chi connectivity index (χ3n) is 2.76. The minimum atomic E-state index is 0.799. The molecule has 18 heavy (non-hydrogen) atoms. The highest BCUT2D eigenvalue weighted by molar-refractivity contribution is 7.98. The summed E-state index contributed by atoms with van der Waals surface area (Å²) in [5, 5.41) is 11.3. The minimum Gasteiger partial charge on any atom is -0.312 e. The van der Waals surface area contributed by atoms with Gasteiger partial charge in [0, 0.05) is 24.4 Å². The summed E-state index contributed by atoms with van der Waals surface area (Å²) in [6, 6.07) is 10.3. The predicted molar refractivity (Wildman–Crippen MR) is 72.3 cm³/mol. The molecule has 0 radical (unpaired) electrons. The predicted octanol–water partition coefficient (Wildman–Crippen LogP) is 2.66. The number of benzene rings is 1. The summed E-state index contributed by atoms with van der Waals surface area (Å²) in [6.45, 7) is 0. The lowest BCUT2D eigenvalue weighted by Gasteiger charge is -2.04. The van der Waals surface area contributed by atoms with Gasteiger partial charge in [0.25, 0.3) is 0 Å². The van der Waals surface area contributed by atoms with Crippen LogP contribution < -0.4 is 0 Å². The van der Waals surface area contributed by atoms with Crippen molar-refractivity contribution in [2.75, 3.05) is 0 Å². The van der Waals surface area contributed by atoms with Crippen LogP contribution in [0.3, 0.4) is 0 Å². The van der Waals surface area contributed by atoms with E-state index in [-0.39, 0.29) is 0 Å². The quantitative estimate of drug-likeness (QED) is 0.676. The van der Waals surface area contributed by atoms with E-state index >= 15 is 0 Å². The number of fused-ring (bicyclic) bond motifs is 1. The number of pyridine rings is 1. The average Bonchev–Trinajstić information content (AvgIpc) is 2.82. The molecule has 0 fully saturated rings. The Morgan fingerprint density at radius 2 is 2.11 bits per heavy atom. The van der Waals surface area contributed by atoms with Crippen LogP contribution in [0.4, 0.5) is 0 Å². The number of thioether (sulfide) groups is 1. The van der Waals surface area contributed by atoms with E-state index in [0.717, 1.165) is 16.6 Å². The fraction of sp³-hybridized carbons (Fsp3) is 0.154. The molecule has 0 amide bonds. The van der Waals surface area contributed by atoms with Crippen LogP contribution in [0.15, 0.2) is 48.0 Å². The molecular weight excluding hydrogens is 244 g/mol. The van der Waals surface area contributed by atoms with Crippen molar-refractivity contribution < 1.29 is 0 Å². The molecule has 0 spiro atoms. The van der Waals surface area contributed by atoms with Crippen molar-refractivity contribution in [3.63, 3.8) is 0 Å². The van der Waals surface area contributed by atoms with E-state index in [1.165, 1.54) is 10.8 Å². The average molecular weight is 256 g/mol. The molecule has 0 saturated heterocycles. The number of rotatable bonds is 3. The van der Waals surface area contributed by atoms with Gasteiger partial charge in [-0.2, -0.15) is 0 Å². The van der Waals surface area contributed by atoms with Crippen LogP contribution in [0.2, 0.25) is 0 Å². The molecule has 0 aliphatic rings. The summed E-state index contributed by atoms with van der Waals surface area (Å²) in [6.07, 6.45) is 3.56. The van der Waals surface area contributed by atoms with Crippen LogP contribution in [0.5, 0.6) is 0 Å². The molecule has 0 unspecified atom stereocenters. The Kier molecular flexibility index (Phi) is 2.98. The van der Waals surface area contributed by atoms with Crippen LogP contribution in [0.1, 0.15) is 5.69 Å². The van der Waals surface area contributed by atoms with Crippen LogP contribution in [-0.4, -0.2) is 19.7 Å². The Balaban J connectivity index is 1.89. The van der Waals surface area contributed by atoms with E-state index in [0.29, 0.717) is 0 Å². The Morgan fingerprint density at radius 1 is 1.22 bits per heavy atom. The van der Waals surface area contributed by atoms with Crippen molar-refractivity contribution in [3.05, 3.63) is 48.5 Å². The van der Waals surface area contributed by atoms with E-state index in [9.17, 15) is 0 Å². The first kappa shape index (κ1) is 11.2. The minimum absolute atomic E-state index is 0.799. The number of nitrogens with zero attached hydrogens (tertiary/aromatic N) is 4. The fourth-order valence-corrected chi connectivity index (χ4v) is 2.68. The molecule has 1 aromatic carbocycles. The molecule has 5 heteroatoms. The van der Waals surface area contributed by atoms with Gasteiger partial charge >= 0.3 is 0 Å². The third-order valence-corrected chi connectivity index (χ3v) is 3.81. The van der Waals surface area contributed by atoms with E-state index in [1.807, 2.05) is 36.0 Å². The van der Waals surface area contributed by atoms with E-state index in [2.05, 4.69) is 27.3 Å². The largest absolute Gasteiger partial charge is 0.312 e. The van der Waals surface area contributed by atoms with Gasteiger partial charge in [-0.15, -0.1) is 10.2 Å². The second-order valence-electron chi connectivity index (χ2n) is 3.99. The fourth-order valence-electron chi connectivity index (χ4n) is 1.83. The van der Waals surface area contributed by atoms with Gasteiger partial charge in [-0.3, -0.25) is 4.98 Å². The molecule has 0 aliphatic carbocycles. The summed E-state index contributed by atoms with van der Waals surface area (Å²) in [7, 11) is 1.94. The molecule has 3 aromatic rings. The number of hydrogen-bond acceptors (Lipinski definition) is 4. The topological polar surface area (TPSA) is 43.6 Å². The maximum absolute atomic E-state index is 4.46. The third kappa shape index (κ3) is 2.09. The van der Waals surface area contributed by atoms with Gasteiger partial charge in [0.1, 0.15) is 6.33 Å². The molecule has 0 aliphatic heterocycles. The van der Waals surface area contributed by atoms with Crippen molar-refractivity contribution in [2.45, 2.75) is 10.9 Å².